The molecule has 33 heavy (non-hydrogen) atoms. The summed E-state index contributed by atoms with van der Waals surface area (Å²) in [5, 5.41) is 16.7. The molecule has 4 heterocycles. The van der Waals surface area contributed by atoms with Crippen molar-refractivity contribution in [2.24, 2.45) is 5.11 Å². The van der Waals surface area contributed by atoms with Gasteiger partial charge in [0.1, 0.15) is 24.9 Å². The van der Waals surface area contributed by atoms with Crippen LogP contribution in [0.3, 0.4) is 0 Å². The number of aromatic amines is 1. The first kappa shape index (κ1) is 23.5. The number of fused-ring (bicyclic) bond motifs is 2. The number of carbonyl (C=O) groups is 1. The van der Waals surface area contributed by atoms with Crippen molar-refractivity contribution < 1.29 is 33.1 Å². The third-order valence-corrected chi connectivity index (χ3v) is 6.60. The van der Waals surface area contributed by atoms with Gasteiger partial charge in [0.25, 0.3) is 13.4 Å². The lowest BCUT2D eigenvalue weighted by Crippen LogP contribution is -2.41. The highest BCUT2D eigenvalue weighted by Gasteiger charge is 2.51. The topological polar surface area (TPSA) is 256 Å². The van der Waals surface area contributed by atoms with Crippen LogP contribution in [0.25, 0.3) is 21.6 Å². The molecule has 4 rings (SSSR count). The molecule has 3 unspecified atom stereocenters. The lowest BCUT2D eigenvalue weighted by Gasteiger charge is -2.34. The van der Waals surface area contributed by atoms with E-state index in [1.807, 2.05) is 0 Å². The summed E-state index contributed by atoms with van der Waals surface area (Å²) in [7, 11) is -4.59. The fourth-order valence-corrected chi connectivity index (χ4v) is 5.16. The highest BCUT2D eigenvalue weighted by atomic mass is 32.2. The van der Waals surface area contributed by atoms with Crippen molar-refractivity contribution in [3.8, 4) is 0 Å². The Hall–Kier alpha value is -2.69. The standard InChI is InChI=1S/C14H18N9O8PS/c15-13-20-10-7(11(26)21-13)19-14(33-2-1-17-6(24)3-18-22-16)23(10)12-8(25)9-5(30-12)4-29-32(27,28)31-9/h5,8-9,12,25H,1-4H2,(H,17,24)(H,27,28)(H3,15,20,21,26)/p-1/t5?,8?,9-,12-/m1/s1. The molecule has 0 aliphatic carbocycles. The van der Waals surface area contributed by atoms with E-state index in [9.17, 15) is 24.2 Å². The number of phosphoric acid groups is 1. The number of azide groups is 1. The van der Waals surface area contributed by atoms with Crippen LogP contribution < -0.4 is 21.5 Å². The van der Waals surface area contributed by atoms with Gasteiger partial charge in [-0.1, -0.05) is 16.9 Å². The largest absolute Gasteiger partial charge is 0.756 e. The van der Waals surface area contributed by atoms with Crippen LogP contribution in [-0.4, -0.2) is 74.3 Å². The number of thioether (sulfide) groups is 1. The molecule has 2 aromatic heterocycles. The maximum atomic E-state index is 12.3. The van der Waals surface area contributed by atoms with Crippen molar-refractivity contribution in [2.75, 3.05) is 31.2 Å². The van der Waals surface area contributed by atoms with Gasteiger partial charge in [-0.15, -0.1) is 0 Å². The SMILES string of the molecule is [N-]=[N+]=NCC(=O)NCCSc1nc2c(=O)[nH]c(N)nc2n1[C@@H]1OC2COP(=O)([O-])O[C@H]2C1O. The molecule has 2 fully saturated rings. The second-order valence-corrected chi connectivity index (χ2v) is 9.27. The molecule has 5 atom stereocenters. The molecule has 0 aromatic carbocycles. The van der Waals surface area contributed by atoms with Crippen molar-refractivity contribution in [1.82, 2.24) is 24.8 Å². The van der Waals surface area contributed by atoms with E-state index < -0.39 is 43.8 Å². The van der Waals surface area contributed by atoms with Crippen LogP contribution in [0.4, 0.5) is 5.95 Å². The van der Waals surface area contributed by atoms with E-state index in [2.05, 4.69) is 34.8 Å². The molecular weight excluding hydrogens is 485 g/mol. The first-order valence-corrected chi connectivity index (χ1v) is 11.8. The number of hydrogen-bond acceptors (Lipinski definition) is 13. The number of aromatic nitrogens is 4. The van der Waals surface area contributed by atoms with Gasteiger partial charge in [0.15, 0.2) is 22.5 Å². The average Bonchev–Trinajstić information content (AvgIpc) is 3.26. The molecule has 2 saturated heterocycles. The molecule has 0 bridgehead atoms. The fourth-order valence-electron chi connectivity index (χ4n) is 3.34. The number of ether oxygens (including phenoxy) is 1. The third-order valence-electron chi connectivity index (χ3n) is 4.68. The van der Waals surface area contributed by atoms with Crippen molar-refractivity contribution in [3.63, 3.8) is 0 Å². The third kappa shape index (κ3) is 4.83. The van der Waals surface area contributed by atoms with Crippen molar-refractivity contribution >= 4 is 42.6 Å². The number of rotatable bonds is 7. The van der Waals surface area contributed by atoms with Crippen LogP contribution in [0.2, 0.25) is 0 Å². The molecule has 0 saturated carbocycles. The molecule has 2 aliphatic heterocycles. The van der Waals surface area contributed by atoms with Crippen molar-refractivity contribution in [1.29, 1.82) is 0 Å². The summed E-state index contributed by atoms with van der Waals surface area (Å²) in [6.45, 7) is -0.550. The number of carbonyl (C=O) groups excluding carboxylic acids is 1. The molecule has 2 aromatic rings. The first-order valence-electron chi connectivity index (χ1n) is 9.36. The number of aliphatic hydroxyl groups is 1. The Bertz CT molecular complexity index is 1230. The van der Waals surface area contributed by atoms with E-state index in [4.69, 9.17) is 20.5 Å². The van der Waals surface area contributed by atoms with Gasteiger partial charge in [0.05, 0.1) is 6.61 Å². The summed E-state index contributed by atoms with van der Waals surface area (Å²) in [5.41, 5.74) is 13.2. The number of amides is 1. The number of phosphoric ester groups is 1. The lowest BCUT2D eigenvalue weighted by molar-refractivity contribution is -0.245. The average molecular weight is 502 g/mol. The molecule has 0 radical (unpaired) electrons. The summed E-state index contributed by atoms with van der Waals surface area (Å²) in [6, 6.07) is 0. The van der Waals surface area contributed by atoms with E-state index >= 15 is 0 Å². The van der Waals surface area contributed by atoms with Gasteiger partial charge in [-0.05, 0) is 5.53 Å². The Morgan fingerprint density at radius 2 is 2.33 bits per heavy atom. The molecule has 1 amide bonds. The minimum absolute atomic E-state index is 0.0000596. The monoisotopic (exact) mass is 502 g/mol. The minimum Gasteiger partial charge on any atom is -0.756 e. The predicted octanol–water partition coefficient (Wildman–Crippen LogP) is -1.64. The number of aliphatic hydroxyl groups excluding tert-OH is 1. The number of nitrogens with zero attached hydrogens (tertiary/aromatic N) is 6. The zero-order valence-corrected chi connectivity index (χ0v) is 18.3. The molecular formula is C14H17N9O8PS-. The number of hydrogen-bond donors (Lipinski definition) is 4. The normalized spacial score (nSPS) is 28.9. The number of H-pyrrole nitrogens is 1. The highest BCUT2D eigenvalue weighted by Crippen LogP contribution is 2.50. The van der Waals surface area contributed by atoms with E-state index in [-0.39, 0.29) is 47.7 Å². The summed E-state index contributed by atoms with van der Waals surface area (Å²) in [5.74, 6) is -0.418. The maximum Gasteiger partial charge on any atom is 0.280 e. The van der Waals surface area contributed by atoms with Gasteiger partial charge < -0.3 is 34.8 Å². The molecule has 178 valence electrons. The summed E-state index contributed by atoms with van der Waals surface area (Å²) < 4.78 is 28.2. The molecule has 5 N–H and O–H groups in total. The van der Waals surface area contributed by atoms with Gasteiger partial charge in [-0.2, -0.15) is 4.98 Å². The first-order chi connectivity index (χ1) is 15.7. The summed E-state index contributed by atoms with van der Waals surface area (Å²) >= 11 is 1.10. The number of nitrogen functional groups attached to an aromatic ring is 1. The van der Waals surface area contributed by atoms with E-state index in [1.54, 1.807) is 0 Å². The maximum absolute atomic E-state index is 12.3. The van der Waals surface area contributed by atoms with Crippen LogP contribution in [0.15, 0.2) is 15.1 Å². The Labute approximate surface area is 187 Å². The molecule has 0 spiro atoms. The zero-order chi connectivity index (χ0) is 23.8. The number of anilines is 1. The Kier molecular flexibility index (Phi) is 6.60. The van der Waals surface area contributed by atoms with Crippen LogP contribution >= 0.6 is 19.6 Å². The quantitative estimate of drug-likeness (QED) is 0.0830. The molecule has 2 aliphatic rings. The number of nitrogens with one attached hydrogen (secondary N) is 2. The van der Waals surface area contributed by atoms with Gasteiger partial charge >= 0.3 is 0 Å². The van der Waals surface area contributed by atoms with Gasteiger partial charge in [-0.3, -0.25) is 23.7 Å². The summed E-state index contributed by atoms with van der Waals surface area (Å²) in [4.78, 5) is 48.7. The Balaban J connectivity index is 1.61. The lowest BCUT2D eigenvalue weighted by atomic mass is 10.1. The van der Waals surface area contributed by atoms with Crippen LogP contribution in [0.1, 0.15) is 6.23 Å². The van der Waals surface area contributed by atoms with Crippen LogP contribution in [0, 0.1) is 0 Å². The Morgan fingerprint density at radius 3 is 3.09 bits per heavy atom. The second kappa shape index (κ2) is 9.28. The van der Waals surface area contributed by atoms with Gasteiger partial charge in [0, 0.05) is 17.2 Å². The Morgan fingerprint density at radius 1 is 1.55 bits per heavy atom. The van der Waals surface area contributed by atoms with E-state index in [1.165, 1.54) is 4.57 Å². The van der Waals surface area contributed by atoms with Crippen molar-refractivity contribution in [2.45, 2.75) is 29.7 Å². The van der Waals surface area contributed by atoms with Gasteiger partial charge in [-0.25, -0.2) is 4.98 Å². The fraction of sp³-hybridized carbons (Fsp3) is 0.571. The zero-order valence-electron chi connectivity index (χ0n) is 16.6. The van der Waals surface area contributed by atoms with Crippen molar-refractivity contribution in [3.05, 3.63) is 20.8 Å². The predicted molar refractivity (Wildman–Crippen MR) is 109 cm³/mol. The van der Waals surface area contributed by atoms with Crippen LogP contribution in [0.5, 0.6) is 0 Å². The number of imidazole rings is 1. The second-order valence-electron chi connectivity index (χ2n) is 6.84. The van der Waals surface area contributed by atoms with Crippen LogP contribution in [-0.2, 0) is 23.1 Å². The van der Waals surface area contributed by atoms with E-state index in [0.717, 1.165) is 11.8 Å². The molecule has 19 heteroatoms. The summed E-state index contributed by atoms with van der Waals surface area (Å²) in [6.07, 6.45) is -4.83. The van der Waals surface area contributed by atoms with Gasteiger partial charge in [0.2, 0.25) is 11.9 Å². The smallest absolute Gasteiger partial charge is 0.280 e. The van der Waals surface area contributed by atoms with E-state index in [0.29, 0.717) is 0 Å². The number of nitrogens with two attached hydrogens (primary N) is 1. The highest BCUT2D eigenvalue weighted by molar-refractivity contribution is 7.99. The molecule has 17 nitrogen and oxygen atoms in total. The minimum atomic E-state index is -4.59.